The lowest BCUT2D eigenvalue weighted by Crippen LogP contribution is -2.15. The number of benzene rings is 1. The van der Waals surface area contributed by atoms with Crippen LogP contribution in [0.2, 0.25) is 0 Å². The standard InChI is InChI=1S/C15H21FN2/c1-12(2)5-3-4-8-18-11-13-6-7-15(16)14(9-13)10-17/h6-7,9,12,18H,3-5,8,11H2,1-2H3. The minimum absolute atomic E-state index is 0.120. The van der Waals surface area contributed by atoms with Crippen LogP contribution >= 0.6 is 0 Å². The molecule has 1 aromatic rings. The van der Waals surface area contributed by atoms with Crippen LogP contribution in [0.5, 0.6) is 0 Å². The lowest BCUT2D eigenvalue weighted by atomic mass is 10.1. The molecule has 0 radical (unpaired) electrons. The minimum Gasteiger partial charge on any atom is -0.313 e. The van der Waals surface area contributed by atoms with Crippen molar-refractivity contribution in [2.45, 2.75) is 39.7 Å². The zero-order valence-corrected chi connectivity index (χ0v) is 11.2. The van der Waals surface area contributed by atoms with Crippen molar-refractivity contribution < 1.29 is 4.39 Å². The molecule has 1 aromatic carbocycles. The Bertz CT molecular complexity index is 407. The number of nitriles is 1. The molecule has 98 valence electrons. The van der Waals surface area contributed by atoms with Crippen LogP contribution in [0, 0.1) is 23.1 Å². The number of halogens is 1. The molecule has 0 aliphatic rings. The molecular formula is C15H21FN2. The van der Waals surface area contributed by atoms with Gasteiger partial charge in [0.05, 0.1) is 5.56 Å². The smallest absolute Gasteiger partial charge is 0.140 e. The third-order valence-corrected chi connectivity index (χ3v) is 2.87. The van der Waals surface area contributed by atoms with Crippen molar-refractivity contribution in [2.24, 2.45) is 5.92 Å². The number of nitrogens with one attached hydrogen (secondary N) is 1. The first-order valence-corrected chi connectivity index (χ1v) is 6.52. The Morgan fingerprint density at radius 1 is 1.33 bits per heavy atom. The second-order valence-corrected chi connectivity index (χ2v) is 4.99. The Morgan fingerprint density at radius 3 is 2.78 bits per heavy atom. The average molecular weight is 248 g/mol. The van der Waals surface area contributed by atoms with Gasteiger partial charge in [0.15, 0.2) is 0 Å². The summed E-state index contributed by atoms with van der Waals surface area (Å²) < 4.78 is 13.1. The first kappa shape index (κ1) is 14.7. The Labute approximate surface area is 109 Å². The number of unbranched alkanes of at least 4 members (excludes halogenated alkanes) is 1. The van der Waals surface area contributed by atoms with Crippen molar-refractivity contribution in [2.75, 3.05) is 6.54 Å². The van der Waals surface area contributed by atoms with Gasteiger partial charge in [-0.3, -0.25) is 0 Å². The molecule has 2 nitrogen and oxygen atoms in total. The van der Waals surface area contributed by atoms with Crippen LogP contribution in [-0.4, -0.2) is 6.54 Å². The summed E-state index contributed by atoms with van der Waals surface area (Å²) in [6.07, 6.45) is 3.65. The number of hydrogen-bond donors (Lipinski definition) is 1. The second kappa shape index (κ2) is 7.84. The van der Waals surface area contributed by atoms with Gasteiger partial charge in [-0.05, 0) is 36.6 Å². The van der Waals surface area contributed by atoms with Gasteiger partial charge in [-0.15, -0.1) is 0 Å². The van der Waals surface area contributed by atoms with Crippen LogP contribution in [-0.2, 0) is 6.54 Å². The van der Waals surface area contributed by atoms with E-state index in [-0.39, 0.29) is 5.56 Å². The zero-order valence-electron chi connectivity index (χ0n) is 11.2. The summed E-state index contributed by atoms with van der Waals surface area (Å²) in [6, 6.07) is 6.54. The highest BCUT2D eigenvalue weighted by Crippen LogP contribution is 2.09. The first-order valence-electron chi connectivity index (χ1n) is 6.52. The molecule has 0 amide bonds. The third kappa shape index (κ3) is 5.29. The first-order chi connectivity index (χ1) is 8.63. The van der Waals surface area contributed by atoms with E-state index in [1.807, 2.05) is 6.07 Å². The molecule has 0 unspecified atom stereocenters. The maximum absolute atomic E-state index is 13.1. The van der Waals surface area contributed by atoms with E-state index in [2.05, 4.69) is 19.2 Å². The predicted molar refractivity (Wildman–Crippen MR) is 71.5 cm³/mol. The minimum atomic E-state index is -0.446. The van der Waals surface area contributed by atoms with Gasteiger partial charge in [0.1, 0.15) is 11.9 Å². The maximum Gasteiger partial charge on any atom is 0.140 e. The molecule has 0 spiro atoms. The Balaban J connectivity index is 2.26. The predicted octanol–water partition coefficient (Wildman–Crippen LogP) is 3.61. The fraction of sp³-hybridized carbons (Fsp3) is 0.533. The molecular weight excluding hydrogens is 227 g/mol. The topological polar surface area (TPSA) is 35.8 Å². The van der Waals surface area contributed by atoms with Crippen molar-refractivity contribution in [3.8, 4) is 6.07 Å². The molecule has 1 N–H and O–H groups in total. The Morgan fingerprint density at radius 2 is 2.11 bits per heavy atom. The monoisotopic (exact) mass is 248 g/mol. The quantitative estimate of drug-likeness (QED) is 0.748. The van der Waals surface area contributed by atoms with E-state index in [9.17, 15) is 4.39 Å². The van der Waals surface area contributed by atoms with E-state index in [4.69, 9.17) is 5.26 Å². The molecule has 0 atom stereocenters. The number of hydrogen-bond acceptors (Lipinski definition) is 2. The van der Waals surface area contributed by atoms with E-state index in [0.717, 1.165) is 24.4 Å². The molecule has 3 heteroatoms. The highest BCUT2D eigenvalue weighted by Gasteiger charge is 2.02. The molecule has 0 bridgehead atoms. The van der Waals surface area contributed by atoms with E-state index in [1.165, 1.54) is 18.9 Å². The van der Waals surface area contributed by atoms with E-state index < -0.39 is 5.82 Å². The summed E-state index contributed by atoms with van der Waals surface area (Å²) in [7, 11) is 0. The van der Waals surface area contributed by atoms with Gasteiger partial charge in [-0.2, -0.15) is 5.26 Å². The van der Waals surface area contributed by atoms with Crippen LogP contribution in [0.3, 0.4) is 0 Å². The molecule has 18 heavy (non-hydrogen) atoms. The normalized spacial score (nSPS) is 10.6. The van der Waals surface area contributed by atoms with Crippen molar-refractivity contribution >= 4 is 0 Å². The SMILES string of the molecule is CC(C)CCCCNCc1ccc(F)c(C#N)c1. The van der Waals surface area contributed by atoms with Gasteiger partial charge in [0.25, 0.3) is 0 Å². The van der Waals surface area contributed by atoms with E-state index in [0.29, 0.717) is 6.54 Å². The lowest BCUT2D eigenvalue weighted by Gasteiger charge is -2.07. The molecule has 0 saturated heterocycles. The molecule has 0 aliphatic heterocycles. The van der Waals surface area contributed by atoms with Crippen molar-refractivity contribution in [3.63, 3.8) is 0 Å². The number of nitrogens with zero attached hydrogens (tertiary/aromatic N) is 1. The highest BCUT2D eigenvalue weighted by molar-refractivity contribution is 5.34. The van der Waals surface area contributed by atoms with Gasteiger partial charge < -0.3 is 5.32 Å². The van der Waals surface area contributed by atoms with Crippen LogP contribution < -0.4 is 5.32 Å². The zero-order chi connectivity index (χ0) is 13.4. The van der Waals surface area contributed by atoms with Crippen LogP contribution in [0.25, 0.3) is 0 Å². The molecule has 0 heterocycles. The molecule has 0 fully saturated rings. The van der Waals surface area contributed by atoms with Crippen molar-refractivity contribution in [1.82, 2.24) is 5.32 Å². The third-order valence-electron chi connectivity index (χ3n) is 2.87. The molecule has 1 rings (SSSR count). The summed E-state index contributed by atoms with van der Waals surface area (Å²) in [5.74, 6) is 0.318. The van der Waals surface area contributed by atoms with Gasteiger partial charge in [-0.1, -0.05) is 32.8 Å². The molecule has 0 aliphatic carbocycles. The second-order valence-electron chi connectivity index (χ2n) is 4.99. The van der Waals surface area contributed by atoms with Gasteiger partial charge in [0, 0.05) is 6.54 Å². The molecule has 0 saturated carbocycles. The Hall–Kier alpha value is -1.40. The fourth-order valence-electron chi connectivity index (χ4n) is 1.80. The summed E-state index contributed by atoms with van der Waals surface area (Å²) in [6.45, 7) is 6.12. The van der Waals surface area contributed by atoms with Crippen molar-refractivity contribution in [1.29, 1.82) is 5.26 Å². The summed E-state index contributed by atoms with van der Waals surface area (Å²) in [5.41, 5.74) is 1.07. The lowest BCUT2D eigenvalue weighted by molar-refractivity contribution is 0.520. The summed E-state index contributed by atoms with van der Waals surface area (Å²) >= 11 is 0. The van der Waals surface area contributed by atoms with Crippen molar-refractivity contribution in [3.05, 3.63) is 35.1 Å². The highest BCUT2D eigenvalue weighted by atomic mass is 19.1. The summed E-state index contributed by atoms with van der Waals surface area (Å²) in [4.78, 5) is 0. The van der Waals surface area contributed by atoms with Crippen LogP contribution in [0.15, 0.2) is 18.2 Å². The fourth-order valence-corrected chi connectivity index (χ4v) is 1.80. The van der Waals surface area contributed by atoms with E-state index in [1.54, 1.807) is 12.1 Å². The van der Waals surface area contributed by atoms with Gasteiger partial charge in [-0.25, -0.2) is 4.39 Å². The maximum atomic E-state index is 13.1. The average Bonchev–Trinajstić information content (AvgIpc) is 2.35. The van der Waals surface area contributed by atoms with Crippen LogP contribution in [0.4, 0.5) is 4.39 Å². The van der Waals surface area contributed by atoms with Crippen LogP contribution in [0.1, 0.15) is 44.2 Å². The van der Waals surface area contributed by atoms with Gasteiger partial charge >= 0.3 is 0 Å². The summed E-state index contributed by atoms with van der Waals surface area (Å²) in [5, 5.41) is 12.0. The van der Waals surface area contributed by atoms with E-state index >= 15 is 0 Å². The number of rotatable bonds is 7. The van der Waals surface area contributed by atoms with Gasteiger partial charge in [0.2, 0.25) is 0 Å². The Kier molecular flexibility index (Phi) is 6.38. The largest absolute Gasteiger partial charge is 0.313 e. The molecule has 0 aromatic heterocycles.